The summed E-state index contributed by atoms with van der Waals surface area (Å²) in [6.45, 7) is 10.4. The van der Waals surface area contributed by atoms with E-state index in [9.17, 15) is 4.79 Å². The van der Waals surface area contributed by atoms with Crippen molar-refractivity contribution in [1.29, 1.82) is 0 Å². The molecule has 0 aliphatic carbocycles. The van der Waals surface area contributed by atoms with Crippen LogP contribution in [0.15, 0.2) is 54.6 Å². The Morgan fingerprint density at radius 3 is 2.33 bits per heavy atom. The monoisotopic (exact) mass is 366 g/mol. The molecule has 27 heavy (non-hydrogen) atoms. The molecule has 1 amide bonds. The van der Waals surface area contributed by atoms with Gasteiger partial charge in [-0.1, -0.05) is 50.2 Å². The number of hydrogen-bond donors (Lipinski definition) is 2. The van der Waals surface area contributed by atoms with Gasteiger partial charge in [0.1, 0.15) is 0 Å². The fourth-order valence-corrected chi connectivity index (χ4v) is 3.81. The van der Waals surface area contributed by atoms with Crippen LogP contribution in [-0.2, 0) is 4.79 Å². The molecule has 2 aromatic carbocycles. The summed E-state index contributed by atoms with van der Waals surface area (Å²) in [7, 11) is 0. The van der Waals surface area contributed by atoms with Gasteiger partial charge in [-0.3, -0.25) is 4.79 Å². The Hall–Kier alpha value is -2.33. The molecule has 0 bridgehead atoms. The van der Waals surface area contributed by atoms with Gasteiger partial charge in [0.25, 0.3) is 5.91 Å². The second-order valence-electron chi connectivity index (χ2n) is 7.59. The molecular formula is C23H32N3O+. The lowest BCUT2D eigenvalue weighted by atomic mass is 9.97. The van der Waals surface area contributed by atoms with Gasteiger partial charge in [-0.25, -0.2) is 0 Å². The van der Waals surface area contributed by atoms with Crippen LogP contribution in [0.1, 0.15) is 38.7 Å². The third-order valence-electron chi connectivity index (χ3n) is 5.89. The van der Waals surface area contributed by atoms with Crippen molar-refractivity contribution in [3.63, 3.8) is 0 Å². The predicted octanol–water partition coefficient (Wildman–Crippen LogP) is 2.93. The quantitative estimate of drug-likeness (QED) is 0.825. The maximum Gasteiger partial charge on any atom is 0.282 e. The molecule has 1 aliphatic rings. The normalized spacial score (nSPS) is 17.4. The first-order chi connectivity index (χ1) is 13.1. The lowest BCUT2D eigenvalue weighted by Gasteiger charge is -2.36. The van der Waals surface area contributed by atoms with Crippen molar-refractivity contribution in [2.75, 3.05) is 36.4 Å². The Morgan fingerprint density at radius 2 is 1.67 bits per heavy atom. The van der Waals surface area contributed by atoms with E-state index in [4.69, 9.17) is 0 Å². The minimum atomic E-state index is -0.0482. The van der Waals surface area contributed by atoms with Gasteiger partial charge in [-0.2, -0.15) is 0 Å². The number of nitrogens with one attached hydrogen (secondary N) is 2. The van der Waals surface area contributed by atoms with E-state index in [-0.39, 0.29) is 11.9 Å². The average molecular weight is 367 g/mol. The molecule has 2 N–H and O–H groups in total. The van der Waals surface area contributed by atoms with Crippen molar-refractivity contribution in [3.05, 3.63) is 60.2 Å². The number of carbonyl (C=O) groups is 1. The zero-order valence-corrected chi connectivity index (χ0v) is 16.7. The molecule has 0 aromatic heterocycles. The smallest absolute Gasteiger partial charge is 0.282 e. The van der Waals surface area contributed by atoms with Gasteiger partial charge < -0.3 is 15.1 Å². The molecular weight excluding hydrogens is 334 g/mol. The number of nitrogens with zero attached hydrogens (tertiary/aromatic N) is 1. The molecule has 3 rings (SSSR count). The lowest BCUT2D eigenvalue weighted by molar-refractivity contribution is -0.914. The summed E-state index contributed by atoms with van der Waals surface area (Å²) in [6, 6.07) is 18.7. The minimum Gasteiger partial charge on any atom is -0.360 e. The van der Waals surface area contributed by atoms with Crippen LogP contribution in [0.4, 0.5) is 11.4 Å². The number of benzene rings is 2. The standard InChI is InChI=1S/C23H31N3O/c1-4-18(2)21-12-8-9-13-22(21)24-23(27)19(3)25-14-16-26(17-15-25)20-10-6-5-7-11-20/h5-13,18-19H,4,14-17H2,1-3H3,(H,24,27)/p+1/t18-,19+/m0/s1. The largest absolute Gasteiger partial charge is 0.360 e. The number of quaternary nitrogens is 1. The SMILES string of the molecule is CC[C@H](C)c1ccccc1NC(=O)[C@@H](C)[NH+]1CCN(c2ccccc2)CC1. The van der Waals surface area contributed by atoms with Crippen LogP contribution >= 0.6 is 0 Å². The molecule has 2 aromatic rings. The summed E-state index contributed by atoms with van der Waals surface area (Å²) >= 11 is 0. The number of rotatable bonds is 6. The van der Waals surface area contributed by atoms with E-state index in [0.717, 1.165) is 38.3 Å². The Balaban J connectivity index is 1.59. The second kappa shape index (κ2) is 9.05. The van der Waals surface area contributed by atoms with E-state index in [1.54, 1.807) is 0 Å². The molecule has 2 atom stereocenters. The highest BCUT2D eigenvalue weighted by Gasteiger charge is 2.29. The molecule has 144 valence electrons. The van der Waals surface area contributed by atoms with Crippen molar-refractivity contribution in [1.82, 2.24) is 0 Å². The van der Waals surface area contributed by atoms with E-state index in [2.05, 4.69) is 73.5 Å². The van der Waals surface area contributed by atoms with Crippen LogP contribution < -0.4 is 15.1 Å². The average Bonchev–Trinajstić information content (AvgIpc) is 2.73. The van der Waals surface area contributed by atoms with Crippen LogP contribution in [0.2, 0.25) is 0 Å². The van der Waals surface area contributed by atoms with Crippen LogP contribution in [0, 0.1) is 0 Å². The Bertz CT molecular complexity index is 738. The maximum atomic E-state index is 12.9. The van der Waals surface area contributed by atoms with Gasteiger partial charge in [0, 0.05) is 11.4 Å². The first-order valence-corrected chi connectivity index (χ1v) is 10.1. The molecule has 4 heteroatoms. The first-order valence-electron chi connectivity index (χ1n) is 10.1. The number of hydrogen-bond acceptors (Lipinski definition) is 2. The minimum absolute atomic E-state index is 0.0482. The lowest BCUT2D eigenvalue weighted by Crippen LogP contribution is -3.19. The van der Waals surface area contributed by atoms with Crippen molar-refractivity contribution < 1.29 is 9.69 Å². The van der Waals surface area contributed by atoms with Gasteiger partial charge in [-0.05, 0) is 43.0 Å². The molecule has 0 spiro atoms. The van der Waals surface area contributed by atoms with Crippen molar-refractivity contribution in [2.24, 2.45) is 0 Å². The molecule has 1 saturated heterocycles. The summed E-state index contributed by atoms with van der Waals surface area (Å²) in [5.74, 6) is 0.562. The highest BCUT2D eigenvalue weighted by Crippen LogP contribution is 2.26. The van der Waals surface area contributed by atoms with Crippen LogP contribution in [0.25, 0.3) is 0 Å². The van der Waals surface area contributed by atoms with E-state index in [1.165, 1.54) is 16.2 Å². The molecule has 1 fully saturated rings. The number of carbonyl (C=O) groups excluding carboxylic acids is 1. The number of piperazine rings is 1. The van der Waals surface area contributed by atoms with E-state index < -0.39 is 0 Å². The van der Waals surface area contributed by atoms with Gasteiger partial charge >= 0.3 is 0 Å². The molecule has 1 heterocycles. The number of anilines is 2. The Labute approximate surface area is 163 Å². The maximum absolute atomic E-state index is 12.9. The third-order valence-corrected chi connectivity index (χ3v) is 5.89. The van der Waals surface area contributed by atoms with Gasteiger partial charge in [-0.15, -0.1) is 0 Å². The molecule has 1 aliphatic heterocycles. The van der Waals surface area contributed by atoms with Gasteiger partial charge in [0.2, 0.25) is 0 Å². The second-order valence-corrected chi connectivity index (χ2v) is 7.59. The van der Waals surface area contributed by atoms with Crippen LogP contribution in [-0.4, -0.2) is 38.1 Å². The molecule has 0 saturated carbocycles. The Morgan fingerprint density at radius 1 is 1.04 bits per heavy atom. The number of para-hydroxylation sites is 2. The fourth-order valence-electron chi connectivity index (χ4n) is 3.81. The topological polar surface area (TPSA) is 36.8 Å². The van der Waals surface area contributed by atoms with E-state index in [0.29, 0.717) is 5.92 Å². The van der Waals surface area contributed by atoms with Crippen molar-refractivity contribution in [2.45, 2.75) is 39.2 Å². The molecule has 4 nitrogen and oxygen atoms in total. The zero-order valence-electron chi connectivity index (χ0n) is 16.7. The van der Waals surface area contributed by atoms with Gasteiger partial charge in [0.05, 0.1) is 26.2 Å². The fraction of sp³-hybridized carbons (Fsp3) is 0.435. The highest BCUT2D eigenvalue weighted by atomic mass is 16.2. The highest BCUT2D eigenvalue weighted by molar-refractivity contribution is 5.94. The predicted molar refractivity (Wildman–Crippen MR) is 113 cm³/mol. The Kier molecular flexibility index (Phi) is 6.51. The van der Waals surface area contributed by atoms with E-state index >= 15 is 0 Å². The molecule has 0 radical (unpaired) electrons. The summed E-state index contributed by atoms with van der Waals surface area (Å²) in [5.41, 5.74) is 3.46. The number of amides is 1. The van der Waals surface area contributed by atoms with Crippen LogP contribution in [0.3, 0.4) is 0 Å². The molecule has 0 unspecified atom stereocenters. The van der Waals surface area contributed by atoms with Crippen molar-refractivity contribution in [3.8, 4) is 0 Å². The summed E-state index contributed by atoms with van der Waals surface area (Å²) in [5, 5.41) is 3.19. The zero-order chi connectivity index (χ0) is 19.2. The summed E-state index contributed by atoms with van der Waals surface area (Å²) in [6.07, 6.45) is 1.06. The third kappa shape index (κ3) is 4.69. The summed E-state index contributed by atoms with van der Waals surface area (Å²) in [4.78, 5) is 16.7. The first kappa shape index (κ1) is 19.4. The van der Waals surface area contributed by atoms with E-state index in [1.807, 2.05) is 12.1 Å². The van der Waals surface area contributed by atoms with Crippen molar-refractivity contribution >= 4 is 17.3 Å². The van der Waals surface area contributed by atoms with Gasteiger partial charge in [0.15, 0.2) is 6.04 Å². The summed E-state index contributed by atoms with van der Waals surface area (Å²) < 4.78 is 0. The van der Waals surface area contributed by atoms with Crippen LogP contribution in [0.5, 0.6) is 0 Å².